The number of aromatic nitrogens is 4. The summed E-state index contributed by atoms with van der Waals surface area (Å²) in [6.07, 6.45) is 7.60. The van der Waals surface area contributed by atoms with Crippen molar-refractivity contribution in [1.82, 2.24) is 29.8 Å². The predicted octanol–water partition coefficient (Wildman–Crippen LogP) is 6.34. The Morgan fingerprint density at radius 1 is 1.12 bits per heavy atom. The molecule has 0 aliphatic heterocycles. The van der Waals surface area contributed by atoms with E-state index in [0.29, 0.717) is 12.2 Å². The fourth-order valence-electron chi connectivity index (χ4n) is 3.16. The minimum Gasteiger partial charge on any atom is -0.667 e. The molecule has 0 fully saturated rings. The van der Waals surface area contributed by atoms with Crippen molar-refractivity contribution in [3.05, 3.63) is 94.5 Å². The number of halogens is 1. The van der Waals surface area contributed by atoms with Crippen molar-refractivity contribution < 1.29 is 35.8 Å². The molecule has 0 spiro atoms. The average molecular weight is 675 g/mol. The minimum absolute atomic E-state index is 0. The van der Waals surface area contributed by atoms with E-state index in [1.807, 2.05) is 37.3 Å². The number of rotatable bonds is 8. The van der Waals surface area contributed by atoms with Crippen LogP contribution in [0.25, 0.3) is 11.0 Å². The van der Waals surface area contributed by atoms with Crippen LogP contribution in [0.1, 0.15) is 62.4 Å². The molecule has 2 heterocycles. The van der Waals surface area contributed by atoms with Crippen LogP contribution < -0.4 is 10.0 Å². The van der Waals surface area contributed by atoms with Crippen LogP contribution in [0.5, 0.6) is 0 Å². The van der Waals surface area contributed by atoms with Crippen molar-refractivity contribution in [3.8, 4) is 0 Å². The third-order valence-electron chi connectivity index (χ3n) is 5.22. The molecular weight excluding hydrogens is 635 g/mol. The smallest absolute Gasteiger partial charge is 0.247 e. The first-order valence-electron chi connectivity index (χ1n) is 13.2. The number of nitrogens with one attached hydrogen (secondary N) is 3. The number of aromatic amines is 1. The molecule has 8 nitrogen and oxygen atoms in total. The van der Waals surface area contributed by atoms with E-state index in [2.05, 4.69) is 89.9 Å². The molecule has 220 valence electrons. The van der Waals surface area contributed by atoms with E-state index in [1.165, 1.54) is 11.1 Å². The molecular formula is C30H40ClN6O2SZr-. The van der Waals surface area contributed by atoms with Gasteiger partial charge in [-0.25, -0.2) is 4.98 Å². The largest absolute Gasteiger partial charge is 0.667 e. The zero-order chi connectivity index (χ0) is 29.8. The summed E-state index contributed by atoms with van der Waals surface area (Å²) in [5.41, 5.74) is 5.28. The van der Waals surface area contributed by atoms with Gasteiger partial charge in [0.15, 0.2) is 0 Å². The Balaban J connectivity index is 0.000000546. The zero-order valence-electron chi connectivity index (χ0n) is 24.4. The van der Waals surface area contributed by atoms with E-state index < -0.39 is 0 Å². The van der Waals surface area contributed by atoms with E-state index in [1.54, 1.807) is 16.9 Å². The molecule has 0 aliphatic carbocycles. The van der Waals surface area contributed by atoms with Gasteiger partial charge in [0.05, 0.1) is 11.0 Å². The number of unbranched alkanes of at least 4 members (excludes halogenated alkanes) is 1. The van der Waals surface area contributed by atoms with E-state index in [9.17, 15) is 9.59 Å². The number of nitrogens with zero attached hydrogens (tertiary/aromatic N) is 3. The molecule has 0 unspecified atom stereocenters. The maximum Gasteiger partial charge on any atom is 0.247 e. The van der Waals surface area contributed by atoms with Crippen molar-refractivity contribution in [2.45, 2.75) is 60.4 Å². The number of aryl methyl sites for hydroxylation is 2. The third kappa shape index (κ3) is 16.4. The summed E-state index contributed by atoms with van der Waals surface area (Å²) in [7, 11) is 0. The summed E-state index contributed by atoms with van der Waals surface area (Å²) in [4.78, 5) is 28.4. The molecule has 0 saturated carbocycles. The Bertz CT molecular complexity index is 1310. The summed E-state index contributed by atoms with van der Waals surface area (Å²) in [5.74, 6) is 0.760. The van der Waals surface area contributed by atoms with Gasteiger partial charge in [0, 0.05) is 56.9 Å². The van der Waals surface area contributed by atoms with Crippen LogP contribution in [-0.2, 0) is 56.8 Å². The third-order valence-corrected chi connectivity index (χ3v) is 5.66. The number of hydrogen-bond donors (Lipinski definition) is 3. The van der Waals surface area contributed by atoms with Gasteiger partial charge in [-0.3, -0.25) is 14.3 Å². The van der Waals surface area contributed by atoms with Crippen LogP contribution in [0.3, 0.4) is 0 Å². The standard InChI is InChI=1S/C13H16N2.C6H5Cl.C6H8N3OS.C5H11NO.Zr/c1-9(2)4-7-13-14-11-6-5-10(3)8-12(11)15-13;7-6-4-2-1-3-5-6;1-2-9-5(3-4-7-9)6(10)8-11;1-2-3-4-6-5-7;/h4-6,8H,7H2,1-3H3,(H,14,15);1-5H;3-4H,2H2,1H3,(H-,7,8,10,11);5H,2-4H2,1H3,(H,6,7);/q;;-1;;. The van der Waals surface area contributed by atoms with Crippen molar-refractivity contribution >= 4 is 47.8 Å². The molecule has 41 heavy (non-hydrogen) atoms. The molecule has 2 aromatic carbocycles. The molecule has 0 atom stereocenters. The van der Waals surface area contributed by atoms with Crippen LogP contribution in [0.2, 0.25) is 5.02 Å². The molecule has 11 heteroatoms. The Labute approximate surface area is 273 Å². The van der Waals surface area contributed by atoms with E-state index >= 15 is 0 Å². The summed E-state index contributed by atoms with van der Waals surface area (Å²) >= 11 is 9.93. The first-order valence-corrected chi connectivity index (χ1v) is 13.9. The average Bonchev–Trinajstić information content (AvgIpc) is 3.60. The molecule has 0 bridgehead atoms. The monoisotopic (exact) mass is 673 g/mol. The van der Waals surface area contributed by atoms with Gasteiger partial charge < -0.3 is 27.8 Å². The fourth-order valence-corrected chi connectivity index (χ4v) is 3.41. The zero-order valence-corrected chi connectivity index (χ0v) is 28.4. The van der Waals surface area contributed by atoms with Gasteiger partial charge >= 0.3 is 0 Å². The Morgan fingerprint density at radius 3 is 2.37 bits per heavy atom. The molecule has 2 amide bonds. The molecule has 0 radical (unpaired) electrons. The maximum absolute atomic E-state index is 11.0. The molecule has 0 aliphatic rings. The quantitative estimate of drug-likeness (QED) is 0.0875. The topological polar surface area (TPSA) is 105 Å². The molecule has 3 N–H and O–H groups in total. The van der Waals surface area contributed by atoms with Gasteiger partial charge in [0.2, 0.25) is 12.3 Å². The minimum atomic E-state index is -0.278. The number of allylic oxidation sites excluding steroid dienone is 2. The summed E-state index contributed by atoms with van der Waals surface area (Å²) < 4.78 is 3.71. The second kappa shape index (κ2) is 22.9. The number of carbonyl (C=O) groups excluding carboxylic acids is 2. The van der Waals surface area contributed by atoms with Crippen LogP contribution in [0.4, 0.5) is 0 Å². The number of fused-ring (bicyclic) bond motifs is 1. The van der Waals surface area contributed by atoms with E-state index in [-0.39, 0.29) is 32.1 Å². The number of imidazole rings is 1. The van der Waals surface area contributed by atoms with Gasteiger partial charge in [-0.15, -0.1) is 0 Å². The number of H-pyrrole nitrogens is 1. The first-order chi connectivity index (χ1) is 19.2. The number of amides is 2. The summed E-state index contributed by atoms with van der Waals surface area (Å²) in [6.45, 7) is 11.8. The Kier molecular flexibility index (Phi) is 21.4. The van der Waals surface area contributed by atoms with Crippen LogP contribution in [0.15, 0.2) is 72.4 Å². The maximum atomic E-state index is 11.0. The fraction of sp³-hybridized carbons (Fsp3) is 0.333. The number of benzene rings is 2. The molecule has 2 aromatic heterocycles. The van der Waals surface area contributed by atoms with E-state index in [4.69, 9.17) is 11.6 Å². The van der Waals surface area contributed by atoms with Crippen molar-refractivity contribution in [2.75, 3.05) is 6.54 Å². The second-order valence-corrected chi connectivity index (χ2v) is 9.51. The van der Waals surface area contributed by atoms with Gasteiger partial charge in [0.25, 0.3) is 0 Å². The Morgan fingerprint density at radius 2 is 1.83 bits per heavy atom. The van der Waals surface area contributed by atoms with Crippen LogP contribution >= 0.6 is 11.6 Å². The summed E-state index contributed by atoms with van der Waals surface area (Å²) in [5, 5.41) is 7.28. The Hall–Kier alpha value is -2.68. The van der Waals surface area contributed by atoms with Gasteiger partial charge in [-0.2, -0.15) is 5.10 Å². The van der Waals surface area contributed by atoms with Crippen molar-refractivity contribution in [2.24, 2.45) is 0 Å². The normalized spacial score (nSPS) is 9.34. The SMILES string of the molecule is CC(C)=CCc1nc2ccc(C)cc2[nH]1.CCCCNC=O.CCn1nccc1C(=O)N[S-].Clc1ccccc1.[Zr]. The van der Waals surface area contributed by atoms with E-state index in [0.717, 1.165) is 54.1 Å². The number of hydrogen-bond acceptors (Lipinski definition) is 5. The first kappa shape index (κ1) is 38.3. The van der Waals surface area contributed by atoms with Gasteiger partial charge in [-0.1, -0.05) is 60.9 Å². The van der Waals surface area contributed by atoms with Crippen molar-refractivity contribution in [3.63, 3.8) is 0 Å². The van der Waals surface area contributed by atoms with Crippen molar-refractivity contribution in [1.29, 1.82) is 0 Å². The van der Waals surface area contributed by atoms with Crippen LogP contribution in [0, 0.1) is 6.92 Å². The molecule has 4 rings (SSSR count). The van der Waals surface area contributed by atoms with Gasteiger partial charge in [0.1, 0.15) is 11.5 Å². The predicted molar refractivity (Wildman–Crippen MR) is 167 cm³/mol. The molecule has 0 saturated heterocycles. The molecule has 4 aromatic rings. The second-order valence-electron chi connectivity index (χ2n) is 8.87. The van der Waals surface area contributed by atoms with Gasteiger partial charge in [-0.05, 0) is 70.0 Å². The summed E-state index contributed by atoms with van der Waals surface area (Å²) in [6, 6.07) is 17.4. The van der Waals surface area contributed by atoms with Crippen LogP contribution in [-0.4, -0.2) is 38.6 Å². The number of carbonyl (C=O) groups is 2.